The van der Waals surface area contributed by atoms with Crippen LogP contribution in [0.5, 0.6) is 5.75 Å². The van der Waals surface area contributed by atoms with E-state index in [1.54, 1.807) is 7.11 Å². The monoisotopic (exact) mass is 287 g/mol. The van der Waals surface area contributed by atoms with Crippen LogP contribution in [-0.4, -0.2) is 20.2 Å². The van der Waals surface area contributed by atoms with Crippen molar-refractivity contribution in [2.75, 3.05) is 20.2 Å². The van der Waals surface area contributed by atoms with Gasteiger partial charge in [0.25, 0.3) is 0 Å². The van der Waals surface area contributed by atoms with Gasteiger partial charge in [-0.2, -0.15) is 0 Å². The van der Waals surface area contributed by atoms with Crippen molar-refractivity contribution < 1.29 is 9.13 Å². The molecule has 0 unspecified atom stereocenters. The topological polar surface area (TPSA) is 21.3 Å². The molecule has 1 aliphatic rings. The SMILES string of the molecule is COc1ccc(C2CCNCC2)c(F)c1Br. The quantitative estimate of drug-likeness (QED) is 0.903. The largest absolute Gasteiger partial charge is 0.495 e. The Kier molecular flexibility index (Phi) is 3.82. The maximum Gasteiger partial charge on any atom is 0.144 e. The summed E-state index contributed by atoms with van der Waals surface area (Å²) in [6.07, 6.45) is 1.99. The van der Waals surface area contributed by atoms with Crippen LogP contribution in [0.15, 0.2) is 16.6 Å². The fourth-order valence-corrected chi connectivity index (χ4v) is 2.68. The van der Waals surface area contributed by atoms with Crippen LogP contribution in [0, 0.1) is 5.82 Å². The molecule has 1 aromatic rings. The van der Waals surface area contributed by atoms with Crippen LogP contribution in [0.2, 0.25) is 0 Å². The zero-order valence-electron chi connectivity index (χ0n) is 9.22. The van der Waals surface area contributed by atoms with E-state index < -0.39 is 0 Å². The molecule has 0 aromatic heterocycles. The van der Waals surface area contributed by atoms with Gasteiger partial charge in [-0.1, -0.05) is 6.07 Å². The molecular weight excluding hydrogens is 273 g/mol. The van der Waals surface area contributed by atoms with Crippen molar-refractivity contribution in [3.63, 3.8) is 0 Å². The van der Waals surface area contributed by atoms with Crippen LogP contribution in [0.25, 0.3) is 0 Å². The van der Waals surface area contributed by atoms with Crippen molar-refractivity contribution in [2.45, 2.75) is 18.8 Å². The van der Waals surface area contributed by atoms with E-state index in [0.29, 0.717) is 16.1 Å². The van der Waals surface area contributed by atoms with Gasteiger partial charge in [-0.15, -0.1) is 0 Å². The molecule has 1 heterocycles. The van der Waals surface area contributed by atoms with E-state index in [4.69, 9.17) is 4.74 Å². The maximum absolute atomic E-state index is 14.1. The molecule has 0 saturated carbocycles. The number of hydrogen-bond donors (Lipinski definition) is 1. The van der Waals surface area contributed by atoms with E-state index in [1.165, 1.54) is 0 Å². The van der Waals surface area contributed by atoms with Crippen LogP contribution in [0.4, 0.5) is 4.39 Å². The standard InChI is InChI=1S/C12H15BrFNO/c1-16-10-3-2-9(12(14)11(10)13)8-4-6-15-7-5-8/h2-3,8,15H,4-7H2,1H3. The first-order valence-corrected chi connectivity index (χ1v) is 6.26. The first-order valence-electron chi connectivity index (χ1n) is 5.46. The second kappa shape index (κ2) is 5.15. The van der Waals surface area contributed by atoms with Crippen LogP contribution >= 0.6 is 15.9 Å². The van der Waals surface area contributed by atoms with E-state index in [-0.39, 0.29) is 5.82 Å². The first kappa shape index (κ1) is 11.9. The summed E-state index contributed by atoms with van der Waals surface area (Å²) in [7, 11) is 1.55. The summed E-state index contributed by atoms with van der Waals surface area (Å²) in [5.74, 6) is 0.699. The lowest BCUT2D eigenvalue weighted by atomic mass is 9.90. The summed E-state index contributed by atoms with van der Waals surface area (Å²) in [5.41, 5.74) is 0.800. The van der Waals surface area contributed by atoms with Gasteiger partial charge in [-0.3, -0.25) is 0 Å². The van der Waals surface area contributed by atoms with Gasteiger partial charge < -0.3 is 10.1 Å². The Bertz CT molecular complexity index is 378. The first-order chi connectivity index (χ1) is 7.74. The molecule has 1 N–H and O–H groups in total. The molecule has 0 aliphatic carbocycles. The Morgan fingerprint density at radius 2 is 2.06 bits per heavy atom. The Balaban J connectivity index is 2.30. The predicted molar refractivity (Wildman–Crippen MR) is 65.5 cm³/mol. The number of benzene rings is 1. The molecule has 88 valence electrons. The van der Waals surface area contributed by atoms with Gasteiger partial charge in [0.1, 0.15) is 11.6 Å². The fourth-order valence-electron chi connectivity index (χ4n) is 2.15. The molecule has 2 rings (SSSR count). The van der Waals surface area contributed by atoms with E-state index >= 15 is 0 Å². The molecule has 1 saturated heterocycles. The summed E-state index contributed by atoms with van der Waals surface area (Å²) >= 11 is 3.24. The van der Waals surface area contributed by atoms with E-state index in [0.717, 1.165) is 31.5 Å². The molecule has 1 fully saturated rings. The van der Waals surface area contributed by atoms with Gasteiger partial charge in [0, 0.05) is 0 Å². The Labute approximate surface area is 103 Å². The Morgan fingerprint density at radius 1 is 1.38 bits per heavy atom. The molecular formula is C12H15BrFNO. The third-order valence-corrected chi connectivity index (χ3v) is 3.81. The summed E-state index contributed by atoms with van der Waals surface area (Å²) in [4.78, 5) is 0. The van der Waals surface area contributed by atoms with Gasteiger partial charge in [-0.05, 0) is 59.4 Å². The van der Waals surface area contributed by atoms with Crippen molar-refractivity contribution in [3.8, 4) is 5.75 Å². The highest BCUT2D eigenvalue weighted by molar-refractivity contribution is 9.10. The number of piperidine rings is 1. The lowest BCUT2D eigenvalue weighted by Crippen LogP contribution is -2.27. The van der Waals surface area contributed by atoms with Crippen LogP contribution in [0.1, 0.15) is 24.3 Å². The van der Waals surface area contributed by atoms with Crippen molar-refractivity contribution in [1.82, 2.24) is 5.32 Å². The van der Waals surface area contributed by atoms with E-state index in [1.807, 2.05) is 12.1 Å². The third kappa shape index (κ3) is 2.23. The van der Waals surface area contributed by atoms with Gasteiger partial charge >= 0.3 is 0 Å². The van der Waals surface area contributed by atoms with Crippen molar-refractivity contribution in [3.05, 3.63) is 28.0 Å². The van der Waals surface area contributed by atoms with Crippen molar-refractivity contribution in [2.24, 2.45) is 0 Å². The second-order valence-corrected chi connectivity index (χ2v) is 4.80. The molecule has 4 heteroatoms. The average molecular weight is 288 g/mol. The summed E-state index contributed by atoms with van der Waals surface area (Å²) in [6.45, 7) is 1.93. The summed E-state index contributed by atoms with van der Waals surface area (Å²) in [6, 6.07) is 3.67. The van der Waals surface area contributed by atoms with Crippen molar-refractivity contribution in [1.29, 1.82) is 0 Å². The maximum atomic E-state index is 14.1. The van der Waals surface area contributed by atoms with Crippen LogP contribution in [0.3, 0.4) is 0 Å². The predicted octanol–water partition coefficient (Wildman–Crippen LogP) is 3.06. The number of nitrogens with one attached hydrogen (secondary N) is 1. The molecule has 1 aliphatic heterocycles. The van der Waals surface area contributed by atoms with Crippen molar-refractivity contribution >= 4 is 15.9 Å². The number of ether oxygens (including phenoxy) is 1. The minimum Gasteiger partial charge on any atom is -0.495 e. The molecule has 0 bridgehead atoms. The lowest BCUT2D eigenvalue weighted by Gasteiger charge is -2.24. The molecule has 0 spiro atoms. The summed E-state index contributed by atoms with van der Waals surface area (Å²) in [5, 5.41) is 3.28. The fraction of sp³-hybridized carbons (Fsp3) is 0.500. The highest BCUT2D eigenvalue weighted by Crippen LogP contribution is 2.35. The molecule has 16 heavy (non-hydrogen) atoms. The Morgan fingerprint density at radius 3 is 2.69 bits per heavy atom. The molecule has 2 nitrogen and oxygen atoms in total. The summed E-state index contributed by atoms with van der Waals surface area (Å²) < 4.78 is 19.6. The molecule has 1 aromatic carbocycles. The molecule has 0 amide bonds. The van der Waals surface area contributed by atoms with Gasteiger partial charge in [0.2, 0.25) is 0 Å². The minimum atomic E-state index is -0.175. The minimum absolute atomic E-state index is 0.175. The van der Waals surface area contributed by atoms with E-state index in [2.05, 4.69) is 21.2 Å². The van der Waals surface area contributed by atoms with Crippen LogP contribution in [-0.2, 0) is 0 Å². The number of halogens is 2. The van der Waals surface area contributed by atoms with Gasteiger partial charge in [-0.25, -0.2) is 4.39 Å². The highest BCUT2D eigenvalue weighted by Gasteiger charge is 2.21. The molecule has 0 atom stereocenters. The zero-order valence-corrected chi connectivity index (χ0v) is 10.8. The highest BCUT2D eigenvalue weighted by atomic mass is 79.9. The van der Waals surface area contributed by atoms with Gasteiger partial charge in [0.15, 0.2) is 0 Å². The van der Waals surface area contributed by atoms with Crippen LogP contribution < -0.4 is 10.1 Å². The molecule has 0 radical (unpaired) electrons. The smallest absolute Gasteiger partial charge is 0.144 e. The third-order valence-electron chi connectivity index (χ3n) is 3.08. The van der Waals surface area contributed by atoms with E-state index in [9.17, 15) is 4.39 Å². The zero-order chi connectivity index (χ0) is 11.5. The number of methoxy groups -OCH3 is 1. The average Bonchev–Trinajstić information content (AvgIpc) is 2.34. The lowest BCUT2D eigenvalue weighted by molar-refractivity contribution is 0.403. The Hall–Kier alpha value is -0.610. The normalized spacial score (nSPS) is 17.4. The number of hydrogen-bond acceptors (Lipinski definition) is 2. The number of rotatable bonds is 2. The second-order valence-electron chi connectivity index (χ2n) is 4.01. The van der Waals surface area contributed by atoms with Gasteiger partial charge in [0.05, 0.1) is 11.6 Å².